The van der Waals surface area contributed by atoms with E-state index in [2.05, 4.69) is 6.58 Å². The van der Waals surface area contributed by atoms with Crippen LogP contribution in [0, 0.1) is 17.1 Å². The smallest absolute Gasteiger partial charge is 0.141 e. The van der Waals surface area contributed by atoms with Gasteiger partial charge in [0.05, 0.1) is 5.56 Å². The number of fused-ring (bicyclic) bond motifs is 1. The number of rotatable bonds is 1. The average Bonchev–Trinajstić information content (AvgIpc) is 2.56. The summed E-state index contributed by atoms with van der Waals surface area (Å²) in [6.07, 6.45) is 1.75. The molecular formula is C20H18FNO2. The number of nitriles is 1. The van der Waals surface area contributed by atoms with Crippen molar-refractivity contribution in [2.24, 2.45) is 0 Å². The number of phenols is 1. The summed E-state index contributed by atoms with van der Waals surface area (Å²) in [5, 5.41) is 18.4. The summed E-state index contributed by atoms with van der Waals surface area (Å²) in [6.45, 7) is 7.49. The molecule has 0 aliphatic carbocycles. The predicted octanol–water partition coefficient (Wildman–Crippen LogP) is 4.92. The highest BCUT2D eigenvalue weighted by atomic mass is 19.1. The Bertz CT molecular complexity index is 847. The highest BCUT2D eigenvalue weighted by Gasteiger charge is 2.19. The Kier molecular flexibility index (Phi) is 5.39. The van der Waals surface area contributed by atoms with Gasteiger partial charge in [0.25, 0.3) is 0 Å². The molecule has 0 aromatic heterocycles. The molecule has 122 valence electrons. The van der Waals surface area contributed by atoms with Gasteiger partial charge in [-0.15, -0.1) is 6.58 Å². The molecule has 3 nitrogen and oxygen atoms in total. The molecule has 2 aromatic rings. The quantitative estimate of drug-likeness (QED) is 0.758. The Morgan fingerprint density at radius 2 is 2.00 bits per heavy atom. The number of aromatic hydroxyl groups is 1. The van der Waals surface area contributed by atoms with Gasteiger partial charge in [-0.05, 0) is 55.3 Å². The maximum absolute atomic E-state index is 13.8. The molecule has 0 radical (unpaired) electrons. The fourth-order valence-corrected chi connectivity index (χ4v) is 2.45. The molecule has 0 saturated heterocycles. The summed E-state index contributed by atoms with van der Waals surface area (Å²) in [5.41, 5.74) is 3.26. The maximum atomic E-state index is 13.8. The van der Waals surface area contributed by atoms with Crippen LogP contribution in [0.3, 0.4) is 0 Å². The molecule has 1 N–H and O–H groups in total. The lowest BCUT2D eigenvalue weighted by Crippen LogP contribution is -2.10. The standard InChI is InChI=1S/C17H12FNO2.C3H6/c1-10-14-7-13(20)4-5-17(14)21-9-15(10)11-2-3-12(8-19)16(18)6-11;1-3-2/h2-7,20H,9H2,1H3;3H,1H2,2H3. The molecule has 0 unspecified atom stereocenters. The van der Waals surface area contributed by atoms with E-state index in [-0.39, 0.29) is 11.3 Å². The maximum Gasteiger partial charge on any atom is 0.141 e. The third-order valence-corrected chi connectivity index (χ3v) is 3.63. The van der Waals surface area contributed by atoms with Gasteiger partial charge >= 0.3 is 0 Å². The summed E-state index contributed by atoms with van der Waals surface area (Å²) in [4.78, 5) is 0. The van der Waals surface area contributed by atoms with E-state index in [4.69, 9.17) is 10.00 Å². The fraction of sp³-hybridized carbons (Fsp3) is 0.150. The van der Waals surface area contributed by atoms with Gasteiger partial charge in [0, 0.05) is 11.1 Å². The van der Waals surface area contributed by atoms with Gasteiger partial charge in [-0.1, -0.05) is 12.1 Å². The van der Waals surface area contributed by atoms with Crippen molar-refractivity contribution in [3.63, 3.8) is 0 Å². The second-order valence-corrected chi connectivity index (χ2v) is 5.29. The number of halogens is 1. The topological polar surface area (TPSA) is 53.2 Å². The van der Waals surface area contributed by atoms with Crippen molar-refractivity contribution in [3.8, 4) is 17.6 Å². The van der Waals surface area contributed by atoms with Crippen LogP contribution in [0.4, 0.5) is 4.39 Å². The first-order valence-corrected chi connectivity index (χ1v) is 7.44. The predicted molar refractivity (Wildman–Crippen MR) is 93.1 cm³/mol. The van der Waals surface area contributed by atoms with Crippen LogP contribution in [0.15, 0.2) is 49.1 Å². The molecule has 0 spiro atoms. The molecular weight excluding hydrogens is 305 g/mol. The van der Waals surface area contributed by atoms with Crippen LogP contribution in [-0.4, -0.2) is 11.7 Å². The molecule has 24 heavy (non-hydrogen) atoms. The highest BCUT2D eigenvalue weighted by Crippen LogP contribution is 2.38. The van der Waals surface area contributed by atoms with Gasteiger partial charge in [-0.2, -0.15) is 5.26 Å². The molecule has 0 atom stereocenters. The molecule has 0 fully saturated rings. The van der Waals surface area contributed by atoms with E-state index in [0.29, 0.717) is 17.9 Å². The van der Waals surface area contributed by atoms with Crippen molar-refractivity contribution in [3.05, 3.63) is 71.6 Å². The third kappa shape index (κ3) is 3.47. The van der Waals surface area contributed by atoms with Crippen molar-refractivity contribution in [1.82, 2.24) is 0 Å². The number of hydrogen-bond donors (Lipinski definition) is 1. The second kappa shape index (κ2) is 7.47. The van der Waals surface area contributed by atoms with E-state index in [1.54, 1.807) is 36.4 Å². The largest absolute Gasteiger partial charge is 0.508 e. The normalized spacial score (nSPS) is 12.2. The van der Waals surface area contributed by atoms with Crippen LogP contribution >= 0.6 is 0 Å². The number of ether oxygens (including phenoxy) is 1. The number of hydrogen-bond acceptors (Lipinski definition) is 3. The van der Waals surface area contributed by atoms with Crippen LogP contribution in [0.25, 0.3) is 11.1 Å². The van der Waals surface area contributed by atoms with E-state index >= 15 is 0 Å². The van der Waals surface area contributed by atoms with Gasteiger partial charge in [0.2, 0.25) is 0 Å². The van der Waals surface area contributed by atoms with Crippen molar-refractivity contribution in [2.75, 3.05) is 6.61 Å². The van der Waals surface area contributed by atoms with E-state index in [1.807, 2.05) is 13.8 Å². The zero-order valence-corrected chi connectivity index (χ0v) is 13.6. The molecule has 1 aliphatic rings. The first-order chi connectivity index (χ1) is 11.5. The zero-order valence-electron chi connectivity index (χ0n) is 13.6. The lowest BCUT2D eigenvalue weighted by Gasteiger charge is -2.22. The van der Waals surface area contributed by atoms with Crippen LogP contribution in [-0.2, 0) is 0 Å². The van der Waals surface area contributed by atoms with E-state index in [1.165, 1.54) is 12.1 Å². The second-order valence-electron chi connectivity index (χ2n) is 5.29. The van der Waals surface area contributed by atoms with Gasteiger partial charge in [0.1, 0.15) is 30.0 Å². The van der Waals surface area contributed by atoms with E-state index in [9.17, 15) is 9.50 Å². The number of nitrogens with zero attached hydrogens (tertiary/aromatic N) is 1. The molecule has 0 amide bonds. The summed E-state index contributed by atoms with van der Waals surface area (Å²) in [7, 11) is 0. The minimum absolute atomic E-state index is 0.0202. The van der Waals surface area contributed by atoms with E-state index < -0.39 is 5.82 Å². The molecule has 2 aromatic carbocycles. The molecule has 1 heterocycles. The molecule has 4 heteroatoms. The Hall–Kier alpha value is -3.06. The lowest BCUT2D eigenvalue weighted by molar-refractivity contribution is 0.363. The van der Waals surface area contributed by atoms with Crippen LogP contribution in [0.1, 0.15) is 30.5 Å². The molecule has 3 rings (SSSR count). The Morgan fingerprint density at radius 1 is 1.29 bits per heavy atom. The zero-order chi connectivity index (χ0) is 17.7. The Balaban J connectivity index is 0.000000647. The minimum Gasteiger partial charge on any atom is -0.508 e. The van der Waals surface area contributed by atoms with Crippen LogP contribution in [0.5, 0.6) is 11.5 Å². The summed E-state index contributed by atoms with van der Waals surface area (Å²) < 4.78 is 19.4. The molecule has 1 aliphatic heterocycles. The van der Waals surface area contributed by atoms with Crippen molar-refractivity contribution in [1.29, 1.82) is 5.26 Å². The van der Waals surface area contributed by atoms with E-state index in [0.717, 1.165) is 16.7 Å². The van der Waals surface area contributed by atoms with Crippen molar-refractivity contribution < 1.29 is 14.2 Å². The van der Waals surface area contributed by atoms with Gasteiger partial charge in [-0.3, -0.25) is 0 Å². The van der Waals surface area contributed by atoms with Gasteiger partial charge in [0.15, 0.2) is 0 Å². The molecule has 0 saturated carbocycles. The number of allylic oxidation sites excluding steroid dienone is 2. The van der Waals surface area contributed by atoms with Gasteiger partial charge < -0.3 is 9.84 Å². The van der Waals surface area contributed by atoms with Crippen molar-refractivity contribution in [2.45, 2.75) is 13.8 Å². The first kappa shape index (κ1) is 17.3. The monoisotopic (exact) mass is 323 g/mol. The average molecular weight is 323 g/mol. The summed E-state index contributed by atoms with van der Waals surface area (Å²) in [6, 6.07) is 11.2. The summed E-state index contributed by atoms with van der Waals surface area (Å²) in [5.74, 6) is 0.309. The fourth-order valence-electron chi connectivity index (χ4n) is 2.45. The van der Waals surface area contributed by atoms with Gasteiger partial charge in [-0.25, -0.2) is 4.39 Å². The SMILES string of the molecule is C=CC.CC1=C(c2ccc(C#N)c(F)c2)COc2ccc(O)cc21. The summed E-state index contributed by atoms with van der Waals surface area (Å²) >= 11 is 0. The molecule has 0 bridgehead atoms. The minimum atomic E-state index is -0.544. The van der Waals surface area contributed by atoms with Crippen molar-refractivity contribution >= 4 is 11.1 Å². The van der Waals surface area contributed by atoms with Crippen LogP contribution < -0.4 is 4.74 Å². The Morgan fingerprint density at radius 3 is 2.62 bits per heavy atom. The highest BCUT2D eigenvalue weighted by molar-refractivity contribution is 5.93. The lowest BCUT2D eigenvalue weighted by atomic mass is 9.93. The first-order valence-electron chi connectivity index (χ1n) is 7.44. The number of phenolic OH excluding ortho intramolecular Hbond substituents is 1. The third-order valence-electron chi connectivity index (χ3n) is 3.63. The van der Waals surface area contributed by atoms with Crippen LogP contribution in [0.2, 0.25) is 0 Å². The number of benzene rings is 2. The Labute approximate surface area is 140 Å².